The maximum absolute atomic E-state index is 13.8. The Kier molecular flexibility index (Phi) is 8.07. The largest absolute Gasteiger partial charge is 0.373 e. The second-order valence-corrected chi connectivity index (χ2v) is 11.1. The number of aryl methyl sites for hydroxylation is 3. The van der Waals surface area contributed by atoms with Crippen molar-refractivity contribution in [1.29, 1.82) is 0 Å². The zero-order chi connectivity index (χ0) is 28.4. The molecule has 1 aliphatic rings. The van der Waals surface area contributed by atoms with Gasteiger partial charge < -0.3 is 25.1 Å². The Hall–Kier alpha value is -3.91. The van der Waals surface area contributed by atoms with Crippen LogP contribution >= 0.6 is 0 Å². The molecule has 0 atom stereocenters. The van der Waals surface area contributed by atoms with E-state index in [-0.39, 0.29) is 23.9 Å². The number of pyridine rings is 2. The molecule has 40 heavy (non-hydrogen) atoms. The Balaban J connectivity index is 1.52. The van der Waals surface area contributed by atoms with Crippen molar-refractivity contribution in [3.8, 4) is 11.1 Å². The van der Waals surface area contributed by atoms with Gasteiger partial charge in [0, 0.05) is 72.3 Å². The van der Waals surface area contributed by atoms with Crippen molar-refractivity contribution >= 4 is 28.2 Å². The first-order valence-electron chi connectivity index (χ1n) is 14.3. The van der Waals surface area contributed by atoms with Gasteiger partial charge in [-0.3, -0.25) is 9.59 Å². The van der Waals surface area contributed by atoms with E-state index in [2.05, 4.69) is 77.2 Å². The highest BCUT2D eigenvalue weighted by Gasteiger charge is 2.20. The summed E-state index contributed by atoms with van der Waals surface area (Å²) < 4.78 is 2.23. The number of fused-ring (bicyclic) bond motifs is 1. The number of hydrogen-bond donors (Lipinski definition) is 3. The Bertz CT molecular complexity index is 1580. The average molecular weight is 541 g/mol. The monoisotopic (exact) mass is 540 g/mol. The normalized spacial score (nSPS) is 13.8. The SMILES string of the molecule is CCCc1cc(C)[nH]c(=O)c1NCC(=O)c1cc(-c2ccc(N3CCNCC3)nc2)cc2c1c(C)cn2C(C)C. The maximum atomic E-state index is 13.8. The molecule has 0 aliphatic carbocycles. The summed E-state index contributed by atoms with van der Waals surface area (Å²) in [6.45, 7) is 14.1. The molecule has 8 heteroatoms. The van der Waals surface area contributed by atoms with Gasteiger partial charge in [0.05, 0.1) is 6.54 Å². The van der Waals surface area contributed by atoms with Gasteiger partial charge in [0.25, 0.3) is 5.56 Å². The van der Waals surface area contributed by atoms with E-state index in [0.717, 1.165) is 83.7 Å². The number of nitrogens with one attached hydrogen (secondary N) is 3. The quantitative estimate of drug-likeness (QED) is 0.251. The molecule has 1 fully saturated rings. The van der Waals surface area contributed by atoms with Gasteiger partial charge in [-0.25, -0.2) is 4.98 Å². The van der Waals surface area contributed by atoms with Gasteiger partial charge in [-0.05, 0) is 81.1 Å². The summed E-state index contributed by atoms with van der Waals surface area (Å²) in [6.07, 6.45) is 5.72. The van der Waals surface area contributed by atoms with E-state index in [1.807, 2.05) is 25.3 Å². The van der Waals surface area contributed by atoms with Gasteiger partial charge in [0.1, 0.15) is 11.5 Å². The number of anilines is 2. The first-order chi connectivity index (χ1) is 19.3. The minimum atomic E-state index is -0.187. The van der Waals surface area contributed by atoms with Crippen LogP contribution in [0.25, 0.3) is 22.0 Å². The number of hydrogen-bond acceptors (Lipinski definition) is 6. The summed E-state index contributed by atoms with van der Waals surface area (Å²) >= 11 is 0. The van der Waals surface area contributed by atoms with E-state index in [0.29, 0.717) is 11.3 Å². The lowest BCUT2D eigenvalue weighted by atomic mass is 9.96. The molecule has 3 aromatic heterocycles. The summed E-state index contributed by atoms with van der Waals surface area (Å²) in [6, 6.07) is 10.5. The van der Waals surface area contributed by atoms with Crippen LogP contribution in [0.2, 0.25) is 0 Å². The molecule has 1 aliphatic heterocycles. The summed E-state index contributed by atoms with van der Waals surface area (Å²) in [7, 11) is 0. The highest BCUT2D eigenvalue weighted by atomic mass is 16.1. The van der Waals surface area contributed by atoms with Gasteiger partial charge in [0.2, 0.25) is 0 Å². The Morgan fingerprint density at radius 1 is 1.10 bits per heavy atom. The van der Waals surface area contributed by atoms with Crippen LogP contribution in [0, 0.1) is 13.8 Å². The summed E-state index contributed by atoms with van der Waals surface area (Å²) in [5, 5.41) is 7.52. The van der Waals surface area contributed by atoms with Crippen molar-refractivity contribution in [1.82, 2.24) is 19.9 Å². The number of carbonyl (C=O) groups is 1. The van der Waals surface area contributed by atoms with Crippen LogP contribution in [-0.4, -0.2) is 53.0 Å². The van der Waals surface area contributed by atoms with E-state index in [1.165, 1.54) is 0 Å². The lowest BCUT2D eigenvalue weighted by molar-refractivity contribution is 0.101. The number of benzene rings is 1. The molecule has 0 amide bonds. The summed E-state index contributed by atoms with van der Waals surface area (Å²) in [4.78, 5) is 36.5. The van der Waals surface area contributed by atoms with Crippen molar-refractivity contribution in [2.45, 2.75) is 53.5 Å². The van der Waals surface area contributed by atoms with E-state index in [4.69, 9.17) is 4.98 Å². The number of Topliss-reactive ketones (excluding diaryl/α,β-unsaturated/α-hetero) is 1. The molecule has 8 nitrogen and oxygen atoms in total. The van der Waals surface area contributed by atoms with Crippen LogP contribution in [-0.2, 0) is 6.42 Å². The fourth-order valence-electron chi connectivity index (χ4n) is 5.72. The fourth-order valence-corrected chi connectivity index (χ4v) is 5.72. The topological polar surface area (TPSA) is 95.1 Å². The molecule has 1 saturated heterocycles. The first-order valence-corrected chi connectivity index (χ1v) is 14.3. The lowest BCUT2D eigenvalue weighted by Gasteiger charge is -2.28. The van der Waals surface area contributed by atoms with Gasteiger partial charge in [-0.1, -0.05) is 13.3 Å². The molecule has 4 heterocycles. The standard InChI is InChI=1S/C32H40N6O2/c1-6-7-23-14-22(5)36-32(40)31(23)35-18-28(39)26-15-25(16-27-30(26)21(4)19-38(27)20(2)3)24-8-9-29(34-17-24)37-12-10-33-11-13-37/h8-9,14-17,19-20,33,35H,6-7,10-13,18H2,1-5H3,(H,36,40). The van der Waals surface area contributed by atoms with Crippen molar-refractivity contribution in [3.05, 3.63) is 75.5 Å². The Labute approximate surface area is 235 Å². The van der Waals surface area contributed by atoms with Crippen molar-refractivity contribution < 1.29 is 4.79 Å². The molecule has 1 aromatic carbocycles. The molecule has 0 unspecified atom stereocenters. The third-order valence-electron chi connectivity index (χ3n) is 7.70. The van der Waals surface area contributed by atoms with E-state index >= 15 is 0 Å². The van der Waals surface area contributed by atoms with E-state index in [9.17, 15) is 9.59 Å². The number of aromatic nitrogens is 3. The number of rotatable bonds is 9. The first kappa shape index (κ1) is 27.6. The molecule has 0 spiro atoms. The lowest BCUT2D eigenvalue weighted by Crippen LogP contribution is -2.43. The second-order valence-electron chi connectivity index (χ2n) is 11.1. The molecule has 5 rings (SSSR count). The predicted molar refractivity (Wildman–Crippen MR) is 164 cm³/mol. The van der Waals surface area contributed by atoms with Crippen LogP contribution in [0.4, 0.5) is 11.5 Å². The number of nitrogens with zero attached hydrogens (tertiary/aromatic N) is 3. The number of ketones is 1. The van der Waals surface area contributed by atoms with Crippen LogP contribution in [0.3, 0.4) is 0 Å². The van der Waals surface area contributed by atoms with Gasteiger partial charge in [0.15, 0.2) is 5.78 Å². The van der Waals surface area contributed by atoms with Gasteiger partial charge in [-0.15, -0.1) is 0 Å². The molecule has 0 saturated carbocycles. The van der Waals surface area contributed by atoms with Crippen molar-refractivity contribution in [2.75, 3.05) is 42.9 Å². The predicted octanol–water partition coefficient (Wildman–Crippen LogP) is 5.25. The molecule has 0 bridgehead atoms. The smallest absolute Gasteiger partial charge is 0.271 e. The van der Waals surface area contributed by atoms with Gasteiger partial charge in [-0.2, -0.15) is 0 Å². The summed E-state index contributed by atoms with van der Waals surface area (Å²) in [5.74, 6) is 0.920. The second kappa shape index (κ2) is 11.7. The zero-order valence-electron chi connectivity index (χ0n) is 24.2. The molecule has 3 N–H and O–H groups in total. The molecule has 4 aromatic rings. The zero-order valence-corrected chi connectivity index (χ0v) is 24.2. The average Bonchev–Trinajstić information content (AvgIpc) is 3.29. The number of aromatic amines is 1. The highest BCUT2D eigenvalue weighted by molar-refractivity contribution is 6.12. The van der Waals surface area contributed by atoms with Crippen molar-refractivity contribution in [2.24, 2.45) is 0 Å². The van der Waals surface area contributed by atoms with Crippen LogP contribution < -0.4 is 21.1 Å². The highest BCUT2D eigenvalue weighted by Crippen LogP contribution is 2.33. The molecule has 210 valence electrons. The van der Waals surface area contributed by atoms with E-state index in [1.54, 1.807) is 0 Å². The van der Waals surface area contributed by atoms with E-state index < -0.39 is 0 Å². The number of H-pyrrole nitrogens is 1. The number of piperazine rings is 1. The fraction of sp³-hybridized carbons (Fsp3) is 0.406. The molecular formula is C32H40N6O2. The summed E-state index contributed by atoms with van der Waals surface area (Å²) in [5.41, 5.74) is 6.72. The third kappa shape index (κ3) is 5.54. The molecular weight excluding hydrogens is 500 g/mol. The van der Waals surface area contributed by atoms with Crippen LogP contribution in [0.15, 0.2) is 47.5 Å². The minimum Gasteiger partial charge on any atom is -0.373 e. The Morgan fingerprint density at radius 3 is 2.55 bits per heavy atom. The third-order valence-corrected chi connectivity index (χ3v) is 7.70. The van der Waals surface area contributed by atoms with Gasteiger partial charge >= 0.3 is 0 Å². The van der Waals surface area contributed by atoms with Crippen molar-refractivity contribution in [3.63, 3.8) is 0 Å². The van der Waals surface area contributed by atoms with Crippen LogP contribution in [0.5, 0.6) is 0 Å². The molecule has 0 radical (unpaired) electrons. The number of carbonyl (C=O) groups excluding carboxylic acids is 1. The minimum absolute atomic E-state index is 0.0356. The maximum Gasteiger partial charge on any atom is 0.271 e. The van der Waals surface area contributed by atoms with Crippen LogP contribution in [0.1, 0.15) is 60.4 Å². The Morgan fingerprint density at radius 2 is 1.88 bits per heavy atom.